The van der Waals surface area contributed by atoms with Gasteiger partial charge >= 0.3 is 0 Å². The summed E-state index contributed by atoms with van der Waals surface area (Å²) >= 11 is 0. The van der Waals surface area contributed by atoms with Crippen LogP contribution in [-0.4, -0.2) is 35.7 Å². The van der Waals surface area contributed by atoms with Crippen molar-refractivity contribution in [2.24, 2.45) is 0 Å². The summed E-state index contributed by atoms with van der Waals surface area (Å²) in [6.45, 7) is 0.718. The van der Waals surface area contributed by atoms with Crippen LogP contribution in [0.1, 0.15) is 12.8 Å². The smallest absolute Gasteiger partial charge is 0.220 e. The molecule has 1 N–H and O–H groups in total. The molecule has 1 aromatic carbocycles. The van der Waals surface area contributed by atoms with Gasteiger partial charge < -0.3 is 19.4 Å². The first-order chi connectivity index (χ1) is 10.7. The van der Waals surface area contributed by atoms with Crippen molar-refractivity contribution in [3.63, 3.8) is 0 Å². The van der Waals surface area contributed by atoms with Gasteiger partial charge in [0.05, 0.1) is 14.2 Å². The van der Waals surface area contributed by atoms with Crippen molar-refractivity contribution in [1.29, 1.82) is 0 Å². The molecule has 1 atom stereocenters. The molecule has 3 rings (SSSR count). The third-order valence-electron chi connectivity index (χ3n) is 3.86. The number of imidazole rings is 1. The van der Waals surface area contributed by atoms with Crippen LogP contribution >= 0.6 is 0 Å². The Hall–Kier alpha value is -2.50. The van der Waals surface area contributed by atoms with Crippen LogP contribution in [0.4, 0.5) is 0 Å². The lowest BCUT2D eigenvalue weighted by molar-refractivity contribution is -0.119. The molecule has 0 bridgehead atoms. The van der Waals surface area contributed by atoms with Crippen molar-refractivity contribution in [1.82, 2.24) is 14.9 Å². The van der Waals surface area contributed by atoms with Gasteiger partial charge in [-0.1, -0.05) is 0 Å². The number of carbonyl (C=O) groups is 1. The Labute approximate surface area is 129 Å². The first kappa shape index (κ1) is 14.4. The number of nitrogens with zero attached hydrogens (tertiary/aromatic N) is 2. The topological polar surface area (TPSA) is 65.4 Å². The van der Waals surface area contributed by atoms with Gasteiger partial charge in [0.25, 0.3) is 0 Å². The van der Waals surface area contributed by atoms with E-state index in [1.54, 1.807) is 20.4 Å². The Morgan fingerprint density at radius 2 is 2.14 bits per heavy atom. The monoisotopic (exact) mass is 301 g/mol. The number of amides is 1. The Morgan fingerprint density at radius 3 is 2.82 bits per heavy atom. The molecule has 0 aliphatic carbocycles. The van der Waals surface area contributed by atoms with Crippen molar-refractivity contribution in [3.05, 3.63) is 30.6 Å². The van der Waals surface area contributed by atoms with E-state index in [4.69, 9.17) is 9.47 Å². The molecule has 1 fully saturated rings. The van der Waals surface area contributed by atoms with Crippen LogP contribution in [0.15, 0.2) is 30.6 Å². The van der Waals surface area contributed by atoms with Crippen molar-refractivity contribution in [2.45, 2.75) is 25.4 Å². The quantitative estimate of drug-likeness (QED) is 0.915. The average molecular weight is 301 g/mol. The third kappa shape index (κ3) is 2.77. The lowest BCUT2D eigenvalue weighted by Crippen LogP contribution is -2.29. The van der Waals surface area contributed by atoms with Gasteiger partial charge in [0.2, 0.25) is 5.91 Å². The number of hydrogen-bond donors (Lipinski definition) is 1. The lowest BCUT2D eigenvalue weighted by atomic mass is 10.1. The molecule has 1 aliphatic heterocycles. The highest BCUT2D eigenvalue weighted by Gasteiger charge is 2.22. The van der Waals surface area contributed by atoms with Gasteiger partial charge in [0.1, 0.15) is 5.82 Å². The predicted molar refractivity (Wildman–Crippen MR) is 81.9 cm³/mol. The van der Waals surface area contributed by atoms with E-state index in [-0.39, 0.29) is 11.9 Å². The fraction of sp³-hybridized carbons (Fsp3) is 0.375. The molecule has 1 aliphatic rings. The standard InChI is InChI=1S/C16H19N3O3/c1-21-13-5-3-11(9-14(13)22-2)16-17-7-8-19(16)10-12-4-6-15(20)18-12/h3,5,7-9,12H,4,6,10H2,1-2H3,(H,18,20). The van der Waals surface area contributed by atoms with Crippen LogP contribution in [0.5, 0.6) is 11.5 Å². The maximum absolute atomic E-state index is 11.3. The molecule has 6 nitrogen and oxygen atoms in total. The summed E-state index contributed by atoms with van der Waals surface area (Å²) in [6.07, 6.45) is 5.16. The van der Waals surface area contributed by atoms with Crippen molar-refractivity contribution < 1.29 is 14.3 Å². The Balaban J connectivity index is 1.86. The van der Waals surface area contributed by atoms with E-state index in [0.29, 0.717) is 17.9 Å². The van der Waals surface area contributed by atoms with Crippen molar-refractivity contribution >= 4 is 5.91 Å². The summed E-state index contributed by atoms with van der Waals surface area (Å²) in [7, 11) is 3.23. The van der Waals surface area contributed by atoms with E-state index in [0.717, 1.165) is 24.4 Å². The van der Waals surface area contributed by atoms with Gasteiger partial charge in [-0.05, 0) is 24.6 Å². The van der Waals surface area contributed by atoms with Crippen LogP contribution in [0, 0.1) is 0 Å². The molecule has 6 heteroatoms. The molecule has 2 aromatic rings. The maximum Gasteiger partial charge on any atom is 0.220 e. The molecule has 1 amide bonds. The lowest BCUT2D eigenvalue weighted by Gasteiger charge is -2.14. The highest BCUT2D eigenvalue weighted by atomic mass is 16.5. The zero-order valence-corrected chi connectivity index (χ0v) is 12.7. The molecule has 1 unspecified atom stereocenters. The second-order valence-corrected chi connectivity index (χ2v) is 5.28. The summed E-state index contributed by atoms with van der Waals surface area (Å²) in [5, 5.41) is 2.98. The third-order valence-corrected chi connectivity index (χ3v) is 3.86. The molecule has 0 radical (unpaired) electrons. The minimum Gasteiger partial charge on any atom is -0.493 e. The maximum atomic E-state index is 11.3. The van der Waals surface area contributed by atoms with Gasteiger partial charge in [0.15, 0.2) is 11.5 Å². The normalized spacial score (nSPS) is 17.4. The molecule has 2 heterocycles. The van der Waals surface area contributed by atoms with Crippen molar-refractivity contribution in [2.75, 3.05) is 14.2 Å². The zero-order valence-electron chi connectivity index (χ0n) is 12.7. The van der Waals surface area contributed by atoms with Crippen LogP contribution < -0.4 is 14.8 Å². The summed E-state index contributed by atoms with van der Waals surface area (Å²) in [6, 6.07) is 5.89. The number of rotatable bonds is 5. The van der Waals surface area contributed by atoms with E-state index >= 15 is 0 Å². The molecule has 0 saturated carbocycles. The number of carbonyl (C=O) groups excluding carboxylic acids is 1. The Morgan fingerprint density at radius 1 is 1.32 bits per heavy atom. The van der Waals surface area contributed by atoms with Crippen molar-refractivity contribution in [3.8, 4) is 22.9 Å². The highest BCUT2D eigenvalue weighted by Crippen LogP contribution is 2.31. The number of aromatic nitrogens is 2. The van der Waals surface area contributed by atoms with E-state index in [2.05, 4.69) is 14.9 Å². The van der Waals surface area contributed by atoms with E-state index in [1.807, 2.05) is 24.4 Å². The van der Waals surface area contributed by atoms with Crippen LogP contribution in [0.2, 0.25) is 0 Å². The Bertz CT molecular complexity index is 681. The van der Waals surface area contributed by atoms with E-state index in [9.17, 15) is 4.79 Å². The largest absolute Gasteiger partial charge is 0.493 e. The fourth-order valence-corrected chi connectivity index (χ4v) is 2.74. The second kappa shape index (κ2) is 6.09. The summed E-state index contributed by atoms with van der Waals surface area (Å²) in [4.78, 5) is 15.8. The zero-order chi connectivity index (χ0) is 15.5. The molecule has 1 saturated heterocycles. The van der Waals surface area contributed by atoms with E-state index < -0.39 is 0 Å². The van der Waals surface area contributed by atoms with Crippen LogP contribution in [-0.2, 0) is 11.3 Å². The summed E-state index contributed by atoms with van der Waals surface area (Å²) < 4.78 is 12.7. The average Bonchev–Trinajstić information content (AvgIpc) is 3.16. The first-order valence-corrected chi connectivity index (χ1v) is 7.24. The minimum absolute atomic E-state index is 0.123. The molecular formula is C16H19N3O3. The van der Waals surface area contributed by atoms with Crippen LogP contribution in [0.3, 0.4) is 0 Å². The molecule has 0 spiro atoms. The summed E-state index contributed by atoms with van der Waals surface area (Å²) in [5.41, 5.74) is 0.951. The van der Waals surface area contributed by atoms with Gasteiger partial charge in [-0.25, -0.2) is 4.98 Å². The van der Waals surface area contributed by atoms with Gasteiger partial charge in [-0.15, -0.1) is 0 Å². The number of nitrogens with one attached hydrogen (secondary N) is 1. The molecule has 1 aromatic heterocycles. The number of ether oxygens (including phenoxy) is 2. The number of methoxy groups -OCH3 is 2. The predicted octanol–water partition coefficient (Wildman–Crippen LogP) is 1.85. The second-order valence-electron chi connectivity index (χ2n) is 5.28. The fourth-order valence-electron chi connectivity index (χ4n) is 2.74. The molecular weight excluding hydrogens is 282 g/mol. The van der Waals surface area contributed by atoms with Crippen LogP contribution in [0.25, 0.3) is 11.4 Å². The highest BCUT2D eigenvalue weighted by molar-refractivity contribution is 5.78. The molecule has 22 heavy (non-hydrogen) atoms. The number of hydrogen-bond acceptors (Lipinski definition) is 4. The van der Waals surface area contributed by atoms with Gasteiger partial charge in [-0.3, -0.25) is 4.79 Å². The van der Waals surface area contributed by atoms with Gasteiger partial charge in [-0.2, -0.15) is 0 Å². The van der Waals surface area contributed by atoms with Gasteiger partial charge in [0, 0.05) is 37.0 Å². The summed E-state index contributed by atoms with van der Waals surface area (Å²) in [5.74, 6) is 2.33. The number of benzene rings is 1. The minimum atomic E-state index is 0.123. The first-order valence-electron chi connectivity index (χ1n) is 7.24. The van der Waals surface area contributed by atoms with E-state index in [1.165, 1.54) is 0 Å². The SMILES string of the molecule is COc1ccc(-c2nccn2CC2CCC(=O)N2)cc1OC. The molecule has 116 valence electrons. The Kier molecular flexibility index (Phi) is 4.00.